The first-order valence-corrected chi connectivity index (χ1v) is 12.1. The molecule has 2 aromatic heterocycles. The van der Waals surface area contributed by atoms with E-state index in [0.717, 1.165) is 55.5 Å². The van der Waals surface area contributed by atoms with Crippen molar-refractivity contribution in [2.45, 2.75) is 32.3 Å². The maximum Gasteiger partial charge on any atom is 0.271 e. The van der Waals surface area contributed by atoms with Gasteiger partial charge in [0.2, 0.25) is 0 Å². The highest BCUT2D eigenvalue weighted by Crippen LogP contribution is 2.30. The molecular weight excluding hydrogens is 438 g/mol. The number of pyridine rings is 1. The highest BCUT2D eigenvalue weighted by molar-refractivity contribution is 6.34. The van der Waals surface area contributed by atoms with Crippen LogP contribution in [0.15, 0.2) is 48.8 Å². The van der Waals surface area contributed by atoms with Gasteiger partial charge >= 0.3 is 0 Å². The molecule has 3 heterocycles. The smallest absolute Gasteiger partial charge is 0.271 e. The number of carbonyl (C=O) groups is 1. The SMILES string of the molecule is CCc1cccc(N2CCN(CCC(O)CCNC(=O)c3cn4ccccc4n3)CC2)c1Cl. The Labute approximate surface area is 200 Å². The Kier molecular flexibility index (Phi) is 7.85. The fraction of sp³-hybridized carbons (Fsp3) is 0.440. The van der Waals surface area contributed by atoms with Crippen molar-refractivity contribution in [3.05, 3.63) is 65.1 Å². The lowest BCUT2D eigenvalue weighted by atomic mass is 10.1. The molecule has 1 saturated heterocycles. The number of nitrogens with one attached hydrogen (secondary N) is 1. The number of halogens is 1. The van der Waals surface area contributed by atoms with Crippen molar-refractivity contribution in [2.75, 3.05) is 44.2 Å². The third-order valence-corrected chi connectivity index (χ3v) is 6.73. The van der Waals surface area contributed by atoms with Crippen LogP contribution in [-0.4, -0.2) is 70.7 Å². The minimum absolute atomic E-state index is 0.215. The average molecular weight is 470 g/mol. The van der Waals surface area contributed by atoms with E-state index in [0.29, 0.717) is 25.1 Å². The minimum Gasteiger partial charge on any atom is -0.393 e. The van der Waals surface area contributed by atoms with E-state index in [4.69, 9.17) is 11.6 Å². The van der Waals surface area contributed by atoms with Crippen LogP contribution in [0.4, 0.5) is 5.69 Å². The van der Waals surface area contributed by atoms with Crippen molar-refractivity contribution in [2.24, 2.45) is 0 Å². The van der Waals surface area contributed by atoms with E-state index in [-0.39, 0.29) is 5.91 Å². The molecule has 1 aliphatic rings. The molecule has 1 atom stereocenters. The largest absolute Gasteiger partial charge is 0.393 e. The van der Waals surface area contributed by atoms with Crippen molar-refractivity contribution in [3.63, 3.8) is 0 Å². The van der Waals surface area contributed by atoms with Crippen LogP contribution >= 0.6 is 11.6 Å². The van der Waals surface area contributed by atoms with E-state index in [2.05, 4.69) is 45.2 Å². The lowest BCUT2D eigenvalue weighted by Crippen LogP contribution is -2.47. The maximum atomic E-state index is 12.3. The number of nitrogens with zero attached hydrogens (tertiary/aromatic N) is 4. The van der Waals surface area contributed by atoms with Crippen molar-refractivity contribution in [1.29, 1.82) is 0 Å². The van der Waals surface area contributed by atoms with Crippen LogP contribution in [0.1, 0.15) is 35.8 Å². The van der Waals surface area contributed by atoms with Crippen molar-refractivity contribution < 1.29 is 9.90 Å². The number of aliphatic hydroxyl groups excluding tert-OH is 1. The standard InChI is InChI=1S/C25H32ClN5O2/c1-2-19-6-5-7-22(24(19)26)30-16-14-29(15-17-30)13-10-20(32)9-11-27-25(33)21-18-31-12-4-3-8-23(31)28-21/h3-8,12,18,20,32H,2,9-11,13-17H2,1H3,(H,27,33). The first-order valence-electron chi connectivity index (χ1n) is 11.7. The van der Waals surface area contributed by atoms with E-state index >= 15 is 0 Å². The van der Waals surface area contributed by atoms with Crippen LogP contribution in [0.2, 0.25) is 5.02 Å². The molecule has 8 heteroatoms. The number of rotatable bonds is 9. The molecule has 1 amide bonds. The molecule has 0 aliphatic carbocycles. The fourth-order valence-corrected chi connectivity index (χ4v) is 4.64. The van der Waals surface area contributed by atoms with Gasteiger partial charge in [0, 0.05) is 51.7 Å². The number of imidazole rings is 1. The highest BCUT2D eigenvalue weighted by atomic mass is 35.5. The zero-order chi connectivity index (χ0) is 23.2. The normalized spacial score (nSPS) is 15.7. The summed E-state index contributed by atoms with van der Waals surface area (Å²) >= 11 is 6.59. The quantitative estimate of drug-likeness (QED) is 0.503. The molecule has 0 bridgehead atoms. The lowest BCUT2D eigenvalue weighted by molar-refractivity contribution is 0.0931. The minimum atomic E-state index is -0.444. The van der Waals surface area contributed by atoms with Gasteiger partial charge in [-0.25, -0.2) is 4.98 Å². The molecule has 0 radical (unpaired) electrons. The second kappa shape index (κ2) is 11.0. The van der Waals surface area contributed by atoms with E-state index < -0.39 is 6.10 Å². The van der Waals surface area contributed by atoms with Crippen LogP contribution in [0, 0.1) is 0 Å². The summed E-state index contributed by atoms with van der Waals surface area (Å²) in [5, 5.41) is 14.1. The topological polar surface area (TPSA) is 73.1 Å². The number of aromatic nitrogens is 2. The Bertz CT molecular complexity index is 1040. The molecule has 1 aliphatic heterocycles. The van der Waals surface area contributed by atoms with Crippen molar-refractivity contribution in [1.82, 2.24) is 19.6 Å². The molecule has 0 spiro atoms. The summed E-state index contributed by atoms with van der Waals surface area (Å²) in [7, 11) is 0. The molecule has 4 rings (SSSR count). The molecule has 1 fully saturated rings. The van der Waals surface area contributed by atoms with Gasteiger partial charge in [0.25, 0.3) is 5.91 Å². The first kappa shape index (κ1) is 23.5. The second-order valence-electron chi connectivity index (χ2n) is 8.51. The second-order valence-corrected chi connectivity index (χ2v) is 8.89. The van der Waals surface area contributed by atoms with Crippen molar-refractivity contribution in [3.8, 4) is 0 Å². The van der Waals surface area contributed by atoms with Gasteiger partial charge in [-0.3, -0.25) is 9.69 Å². The van der Waals surface area contributed by atoms with E-state index in [9.17, 15) is 9.90 Å². The van der Waals surface area contributed by atoms with Crippen LogP contribution in [0.3, 0.4) is 0 Å². The molecular formula is C25H32ClN5O2. The van der Waals surface area contributed by atoms with Crippen LogP contribution in [0.5, 0.6) is 0 Å². The molecule has 33 heavy (non-hydrogen) atoms. The zero-order valence-electron chi connectivity index (χ0n) is 19.1. The third kappa shape index (κ3) is 5.85. The summed E-state index contributed by atoms with van der Waals surface area (Å²) in [4.78, 5) is 21.4. The maximum absolute atomic E-state index is 12.3. The van der Waals surface area contributed by atoms with Crippen LogP contribution in [0.25, 0.3) is 5.65 Å². The lowest BCUT2D eigenvalue weighted by Gasteiger charge is -2.37. The van der Waals surface area contributed by atoms with Gasteiger partial charge in [-0.15, -0.1) is 0 Å². The number of benzene rings is 1. The number of fused-ring (bicyclic) bond motifs is 1. The number of hydrogen-bond acceptors (Lipinski definition) is 5. The molecule has 1 aromatic carbocycles. The Hall–Kier alpha value is -2.61. The average Bonchev–Trinajstić information content (AvgIpc) is 3.28. The third-order valence-electron chi connectivity index (χ3n) is 6.29. The summed E-state index contributed by atoms with van der Waals surface area (Å²) in [6.45, 7) is 7.15. The number of hydrogen-bond donors (Lipinski definition) is 2. The number of carbonyl (C=O) groups excluding carboxylic acids is 1. The van der Waals surface area contributed by atoms with Gasteiger partial charge in [-0.1, -0.05) is 36.7 Å². The molecule has 7 nitrogen and oxygen atoms in total. The van der Waals surface area contributed by atoms with E-state index in [1.165, 1.54) is 5.56 Å². The summed E-state index contributed by atoms with van der Waals surface area (Å²) in [6.07, 6.45) is 5.28. The zero-order valence-corrected chi connectivity index (χ0v) is 19.8. The van der Waals surface area contributed by atoms with Gasteiger partial charge in [0.15, 0.2) is 0 Å². The summed E-state index contributed by atoms with van der Waals surface area (Å²) in [5.41, 5.74) is 3.44. The molecule has 3 aromatic rings. The summed E-state index contributed by atoms with van der Waals surface area (Å²) in [6, 6.07) is 11.9. The number of piperazine rings is 1. The fourth-order valence-electron chi connectivity index (χ4n) is 4.26. The number of anilines is 1. The van der Waals surface area contributed by atoms with Gasteiger partial charge in [0.05, 0.1) is 16.8 Å². The van der Waals surface area contributed by atoms with E-state index in [1.807, 2.05) is 28.8 Å². The predicted molar refractivity (Wildman–Crippen MR) is 132 cm³/mol. The highest BCUT2D eigenvalue weighted by Gasteiger charge is 2.20. The van der Waals surface area contributed by atoms with Crippen LogP contribution in [-0.2, 0) is 6.42 Å². The Morgan fingerprint density at radius 2 is 1.97 bits per heavy atom. The molecule has 1 unspecified atom stereocenters. The molecule has 2 N–H and O–H groups in total. The van der Waals surface area contributed by atoms with Gasteiger partial charge in [0.1, 0.15) is 11.3 Å². The van der Waals surface area contributed by atoms with Crippen molar-refractivity contribution >= 4 is 28.8 Å². The van der Waals surface area contributed by atoms with Crippen LogP contribution < -0.4 is 10.2 Å². The first-order chi connectivity index (χ1) is 16.0. The monoisotopic (exact) mass is 469 g/mol. The van der Waals surface area contributed by atoms with E-state index in [1.54, 1.807) is 6.20 Å². The molecule has 176 valence electrons. The predicted octanol–water partition coefficient (Wildman–Crippen LogP) is 3.24. The molecule has 0 saturated carbocycles. The Balaban J connectivity index is 1.16. The summed E-state index contributed by atoms with van der Waals surface area (Å²) < 4.78 is 1.82. The number of aryl methyl sites for hydroxylation is 1. The Morgan fingerprint density at radius 1 is 1.15 bits per heavy atom. The van der Waals surface area contributed by atoms with Gasteiger partial charge in [-0.05, 0) is 43.0 Å². The number of amides is 1. The van der Waals surface area contributed by atoms with Gasteiger partial charge in [-0.2, -0.15) is 0 Å². The Morgan fingerprint density at radius 3 is 2.73 bits per heavy atom. The van der Waals surface area contributed by atoms with Gasteiger partial charge < -0.3 is 19.7 Å². The number of aliphatic hydroxyl groups is 1. The summed E-state index contributed by atoms with van der Waals surface area (Å²) in [5.74, 6) is -0.215.